The summed E-state index contributed by atoms with van der Waals surface area (Å²) in [6.45, 7) is 2.42. The minimum absolute atomic E-state index is 0.231. The number of nitrogens with zero attached hydrogens (tertiary/aromatic N) is 3. The summed E-state index contributed by atoms with van der Waals surface area (Å²) in [6, 6.07) is 7.24. The van der Waals surface area contributed by atoms with Gasteiger partial charge in [-0.2, -0.15) is 0 Å². The zero-order chi connectivity index (χ0) is 14.8. The van der Waals surface area contributed by atoms with Crippen molar-refractivity contribution in [1.82, 2.24) is 14.5 Å². The monoisotopic (exact) mass is 303 g/mol. The molecule has 21 heavy (non-hydrogen) atoms. The molecule has 3 rings (SSSR count). The van der Waals surface area contributed by atoms with Gasteiger partial charge in [-0.15, -0.1) is 11.6 Å². The van der Waals surface area contributed by atoms with Gasteiger partial charge < -0.3 is 4.57 Å². The molecule has 0 unspecified atom stereocenters. The molecule has 0 aliphatic carbocycles. The standard InChI is InChI=1S/C16H15ClFN3/c1-11-7-15-14(8-13(11)18)20-16(4-5-17)21(15)10-12-3-2-6-19-9-12/h2-3,6-9H,4-5,10H2,1H3. The zero-order valence-electron chi connectivity index (χ0n) is 11.7. The normalized spacial score (nSPS) is 11.2. The Labute approximate surface area is 127 Å². The number of benzene rings is 1. The van der Waals surface area contributed by atoms with E-state index in [-0.39, 0.29) is 5.82 Å². The average Bonchev–Trinajstić information content (AvgIpc) is 2.79. The van der Waals surface area contributed by atoms with E-state index in [4.69, 9.17) is 11.6 Å². The third kappa shape index (κ3) is 2.76. The highest BCUT2D eigenvalue weighted by atomic mass is 35.5. The van der Waals surface area contributed by atoms with Crippen LogP contribution in [0.1, 0.15) is 17.0 Å². The molecule has 0 fully saturated rings. The number of rotatable bonds is 4. The molecule has 0 saturated carbocycles. The van der Waals surface area contributed by atoms with Crippen LogP contribution < -0.4 is 0 Å². The van der Waals surface area contributed by atoms with Crippen LogP contribution in [0, 0.1) is 12.7 Å². The van der Waals surface area contributed by atoms with Crippen LogP contribution in [-0.4, -0.2) is 20.4 Å². The van der Waals surface area contributed by atoms with E-state index in [9.17, 15) is 4.39 Å². The predicted molar refractivity (Wildman–Crippen MR) is 82.2 cm³/mol. The van der Waals surface area contributed by atoms with Gasteiger partial charge in [-0.1, -0.05) is 6.07 Å². The Kier molecular flexibility index (Phi) is 3.88. The Hall–Kier alpha value is -1.94. The van der Waals surface area contributed by atoms with Gasteiger partial charge in [0.25, 0.3) is 0 Å². The van der Waals surface area contributed by atoms with E-state index in [0.717, 1.165) is 16.9 Å². The summed E-state index contributed by atoms with van der Waals surface area (Å²) in [5.41, 5.74) is 3.29. The number of hydrogen-bond acceptors (Lipinski definition) is 2. The van der Waals surface area contributed by atoms with Crippen LogP contribution in [0.15, 0.2) is 36.7 Å². The minimum atomic E-state index is -0.231. The van der Waals surface area contributed by atoms with E-state index in [1.54, 1.807) is 13.1 Å². The molecule has 0 radical (unpaired) electrons. The van der Waals surface area contributed by atoms with E-state index in [1.165, 1.54) is 6.07 Å². The third-order valence-electron chi connectivity index (χ3n) is 3.49. The minimum Gasteiger partial charge on any atom is -0.323 e. The first-order valence-corrected chi connectivity index (χ1v) is 7.32. The predicted octanol–water partition coefficient (Wildman–Crippen LogP) is 3.71. The van der Waals surface area contributed by atoms with Crippen LogP contribution in [0.3, 0.4) is 0 Å². The summed E-state index contributed by atoms with van der Waals surface area (Å²) in [6.07, 6.45) is 4.22. The second-order valence-electron chi connectivity index (χ2n) is 5.00. The Bertz CT molecular complexity index is 768. The molecule has 0 atom stereocenters. The van der Waals surface area contributed by atoms with Crippen LogP contribution >= 0.6 is 11.6 Å². The first-order chi connectivity index (χ1) is 10.2. The fourth-order valence-corrected chi connectivity index (χ4v) is 2.60. The molecule has 0 aliphatic rings. The number of fused-ring (bicyclic) bond motifs is 1. The van der Waals surface area contributed by atoms with Crippen LogP contribution in [0.25, 0.3) is 11.0 Å². The van der Waals surface area contributed by atoms with Crippen molar-refractivity contribution in [3.05, 3.63) is 59.4 Å². The first-order valence-electron chi connectivity index (χ1n) is 6.79. The smallest absolute Gasteiger partial charge is 0.128 e. The Morgan fingerprint density at radius 3 is 2.90 bits per heavy atom. The highest BCUT2D eigenvalue weighted by Crippen LogP contribution is 2.22. The second-order valence-corrected chi connectivity index (χ2v) is 5.38. The van der Waals surface area contributed by atoms with E-state index in [1.807, 2.05) is 24.4 Å². The number of aromatic nitrogens is 3. The summed E-state index contributed by atoms with van der Waals surface area (Å²) in [7, 11) is 0. The number of imidazole rings is 1. The Morgan fingerprint density at radius 2 is 2.19 bits per heavy atom. The van der Waals surface area contributed by atoms with Crippen molar-refractivity contribution in [1.29, 1.82) is 0 Å². The van der Waals surface area contributed by atoms with Gasteiger partial charge in [0.05, 0.1) is 17.6 Å². The lowest BCUT2D eigenvalue weighted by molar-refractivity contribution is 0.620. The molecular formula is C16H15ClFN3. The van der Waals surface area contributed by atoms with Crippen molar-refractivity contribution >= 4 is 22.6 Å². The molecule has 3 aromatic rings. The lowest BCUT2D eigenvalue weighted by Crippen LogP contribution is -2.06. The van der Waals surface area contributed by atoms with Crippen molar-refractivity contribution in [2.45, 2.75) is 19.9 Å². The van der Waals surface area contributed by atoms with E-state index in [0.29, 0.717) is 29.9 Å². The highest BCUT2D eigenvalue weighted by molar-refractivity contribution is 6.17. The summed E-state index contributed by atoms with van der Waals surface area (Å²) in [4.78, 5) is 8.65. The maximum Gasteiger partial charge on any atom is 0.128 e. The van der Waals surface area contributed by atoms with Gasteiger partial charge in [-0.3, -0.25) is 4.98 Å². The Morgan fingerprint density at radius 1 is 1.33 bits per heavy atom. The van der Waals surface area contributed by atoms with Crippen molar-refractivity contribution in [3.63, 3.8) is 0 Å². The van der Waals surface area contributed by atoms with E-state index >= 15 is 0 Å². The summed E-state index contributed by atoms with van der Waals surface area (Å²) in [5.74, 6) is 1.12. The van der Waals surface area contributed by atoms with Gasteiger partial charge in [-0.25, -0.2) is 9.37 Å². The Balaban J connectivity index is 2.13. The van der Waals surface area contributed by atoms with Crippen molar-refractivity contribution < 1.29 is 4.39 Å². The lowest BCUT2D eigenvalue weighted by Gasteiger charge is -2.09. The number of hydrogen-bond donors (Lipinski definition) is 0. The molecule has 3 nitrogen and oxygen atoms in total. The molecule has 0 bridgehead atoms. The van der Waals surface area contributed by atoms with Crippen LogP contribution in [0.2, 0.25) is 0 Å². The van der Waals surface area contributed by atoms with Crippen molar-refractivity contribution in [2.24, 2.45) is 0 Å². The molecule has 1 aromatic carbocycles. The maximum absolute atomic E-state index is 13.7. The highest BCUT2D eigenvalue weighted by Gasteiger charge is 2.13. The number of aryl methyl sites for hydroxylation is 2. The fraction of sp³-hybridized carbons (Fsp3) is 0.250. The topological polar surface area (TPSA) is 30.7 Å². The van der Waals surface area contributed by atoms with E-state index < -0.39 is 0 Å². The third-order valence-corrected chi connectivity index (χ3v) is 3.68. The van der Waals surface area contributed by atoms with Gasteiger partial charge >= 0.3 is 0 Å². The fourth-order valence-electron chi connectivity index (χ4n) is 2.43. The lowest BCUT2D eigenvalue weighted by atomic mass is 10.2. The molecule has 0 amide bonds. The van der Waals surface area contributed by atoms with Crippen LogP contribution in [0.5, 0.6) is 0 Å². The van der Waals surface area contributed by atoms with Crippen LogP contribution in [0.4, 0.5) is 4.39 Å². The molecule has 0 aliphatic heterocycles. The SMILES string of the molecule is Cc1cc2c(cc1F)nc(CCCl)n2Cc1cccnc1. The molecule has 0 saturated heterocycles. The van der Waals surface area contributed by atoms with Gasteiger partial charge in [0.15, 0.2) is 0 Å². The summed E-state index contributed by atoms with van der Waals surface area (Å²) < 4.78 is 15.8. The van der Waals surface area contributed by atoms with Crippen LogP contribution in [-0.2, 0) is 13.0 Å². The van der Waals surface area contributed by atoms with E-state index in [2.05, 4.69) is 14.5 Å². The molecule has 5 heteroatoms. The number of pyridine rings is 1. The molecule has 0 spiro atoms. The van der Waals surface area contributed by atoms with Crippen molar-refractivity contribution in [3.8, 4) is 0 Å². The molecule has 2 aromatic heterocycles. The molecule has 108 valence electrons. The second kappa shape index (κ2) is 5.82. The zero-order valence-corrected chi connectivity index (χ0v) is 12.4. The van der Waals surface area contributed by atoms with Gasteiger partial charge in [0.1, 0.15) is 11.6 Å². The number of alkyl halides is 1. The quantitative estimate of drug-likeness (QED) is 0.688. The van der Waals surface area contributed by atoms with Gasteiger partial charge in [0, 0.05) is 30.8 Å². The maximum atomic E-state index is 13.7. The summed E-state index contributed by atoms with van der Waals surface area (Å²) >= 11 is 5.86. The van der Waals surface area contributed by atoms with Gasteiger partial charge in [-0.05, 0) is 30.2 Å². The van der Waals surface area contributed by atoms with Crippen molar-refractivity contribution in [2.75, 3.05) is 5.88 Å². The molecule has 2 heterocycles. The average molecular weight is 304 g/mol. The van der Waals surface area contributed by atoms with Gasteiger partial charge in [0.2, 0.25) is 0 Å². The first kappa shape index (κ1) is 14.0. The number of halogens is 2. The summed E-state index contributed by atoms with van der Waals surface area (Å²) in [5, 5.41) is 0. The molecular weight excluding hydrogens is 289 g/mol. The molecule has 0 N–H and O–H groups in total. The largest absolute Gasteiger partial charge is 0.323 e.